The molecule has 30 heavy (non-hydrogen) atoms. The molecule has 8 heteroatoms. The zero-order valence-electron chi connectivity index (χ0n) is 18.6. The van der Waals surface area contributed by atoms with E-state index in [1.165, 1.54) is 5.56 Å². The summed E-state index contributed by atoms with van der Waals surface area (Å²) in [5.74, 6) is 0.878. The Labute approximate surface area is 198 Å². The van der Waals surface area contributed by atoms with E-state index in [4.69, 9.17) is 9.47 Å². The van der Waals surface area contributed by atoms with Crippen molar-refractivity contribution in [3.05, 3.63) is 35.9 Å². The normalized spacial score (nSPS) is 16.7. The summed E-state index contributed by atoms with van der Waals surface area (Å²) in [6.07, 6.45) is 2.54. The Hall–Kier alpha value is -1.55. The number of alkyl carbamates (subject to hydrolysis) is 1. The van der Waals surface area contributed by atoms with Gasteiger partial charge in [-0.2, -0.15) is 0 Å². The average molecular weight is 532 g/mol. The van der Waals surface area contributed by atoms with Crippen LogP contribution in [0.5, 0.6) is 0 Å². The minimum atomic E-state index is -0.481. The fraction of sp³-hybridized carbons (Fsp3) is 0.636. The molecule has 1 aliphatic rings. The fourth-order valence-electron chi connectivity index (χ4n) is 3.17. The predicted molar refractivity (Wildman–Crippen MR) is 131 cm³/mol. The molecular formula is C22H37IN4O3. The highest BCUT2D eigenvalue weighted by Crippen LogP contribution is 2.12. The Morgan fingerprint density at radius 3 is 2.63 bits per heavy atom. The average Bonchev–Trinajstić information content (AvgIpc) is 3.11. The van der Waals surface area contributed by atoms with Gasteiger partial charge >= 0.3 is 6.09 Å². The number of aliphatic imine (C=N–C) groups is 1. The van der Waals surface area contributed by atoms with E-state index in [1.54, 1.807) is 7.05 Å². The highest BCUT2D eigenvalue weighted by atomic mass is 127. The van der Waals surface area contributed by atoms with Gasteiger partial charge in [0.2, 0.25) is 0 Å². The fourth-order valence-corrected chi connectivity index (χ4v) is 3.17. The van der Waals surface area contributed by atoms with Gasteiger partial charge in [-0.3, -0.25) is 4.99 Å². The lowest BCUT2D eigenvalue weighted by molar-refractivity contribution is 0.0507. The molecule has 0 aliphatic carbocycles. The topological polar surface area (TPSA) is 75.2 Å². The van der Waals surface area contributed by atoms with Crippen molar-refractivity contribution in [1.29, 1.82) is 0 Å². The second-order valence-corrected chi connectivity index (χ2v) is 8.30. The minimum absolute atomic E-state index is 0. The predicted octanol–water partition coefficient (Wildman–Crippen LogP) is 3.78. The van der Waals surface area contributed by atoms with E-state index in [9.17, 15) is 4.79 Å². The molecule has 0 saturated carbocycles. The number of halogens is 1. The number of hydrogen-bond acceptors (Lipinski definition) is 4. The zero-order valence-corrected chi connectivity index (χ0v) is 21.0. The molecule has 1 amide bonds. The summed E-state index contributed by atoms with van der Waals surface area (Å²) in [6, 6.07) is 10.3. The van der Waals surface area contributed by atoms with E-state index in [0.29, 0.717) is 6.61 Å². The van der Waals surface area contributed by atoms with E-state index >= 15 is 0 Å². The third kappa shape index (κ3) is 10.5. The largest absolute Gasteiger partial charge is 0.444 e. The lowest BCUT2D eigenvalue weighted by atomic mass is 10.2. The van der Waals surface area contributed by atoms with Crippen molar-refractivity contribution in [2.24, 2.45) is 4.99 Å². The molecule has 2 N–H and O–H groups in total. The lowest BCUT2D eigenvalue weighted by Crippen LogP contribution is -2.44. The molecule has 1 fully saturated rings. The number of guanidine groups is 1. The Kier molecular flexibility index (Phi) is 12.1. The number of benzene rings is 1. The standard InChI is InChI=1S/C22H36N4O3.HI/c1-22(2,3)29-21(27)25-19-12-14-26(16-19)20(23-4)24-13-8-9-15-28-17-18-10-6-5-7-11-18;/h5-7,10-11,19H,8-9,12-17H2,1-4H3,(H,23,24)(H,25,27);1H. The van der Waals surface area contributed by atoms with Crippen LogP contribution in [0.3, 0.4) is 0 Å². The van der Waals surface area contributed by atoms with Gasteiger partial charge in [0.1, 0.15) is 5.60 Å². The third-order valence-electron chi connectivity index (χ3n) is 4.53. The van der Waals surface area contributed by atoms with Gasteiger partial charge in [-0.05, 0) is 45.6 Å². The Morgan fingerprint density at radius 2 is 1.97 bits per heavy atom. The van der Waals surface area contributed by atoms with Crippen LogP contribution in [0.25, 0.3) is 0 Å². The van der Waals surface area contributed by atoms with Crippen LogP contribution in [0.4, 0.5) is 4.79 Å². The van der Waals surface area contributed by atoms with Gasteiger partial charge in [0.05, 0.1) is 12.6 Å². The Bertz CT molecular complexity index is 650. The number of likely N-dealkylation sites (tertiary alicyclic amines) is 1. The first-order valence-corrected chi connectivity index (χ1v) is 10.4. The molecule has 1 aromatic rings. The summed E-state index contributed by atoms with van der Waals surface area (Å²) in [6.45, 7) is 9.46. The maximum Gasteiger partial charge on any atom is 0.407 e. The van der Waals surface area contributed by atoms with Crippen molar-refractivity contribution in [3.63, 3.8) is 0 Å². The van der Waals surface area contributed by atoms with E-state index < -0.39 is 5.60 Å². The van der Waals surface area contributed by atoms with Crippen molar-refractivity contribution in [2.75, 3.05) is 33.3 Å². The van der Waals surface area contributed by atoms with E-state index in [-0.39, 0.29) is 36.1 Å². The molecule has 0 radical (unpaired) electrons. The molecule has 1 atom stereocenters. The molecule has 0 bridgehead atoms. The first kappa shape index (κ1) is 26.5. The van der Waals surface area contributed by atoms with Gasteiger partial charge in [0.25, 0.3) is 0 Å². The molecule has 1 aromatic carbocycles. The molecular weight excluding hydrogens is 495 g/mol. The van der Waals surface area contributed by atoms with Crippen LogP contribution >= 0.6 is 24.0 Å². The second kappa shape index (κ2) is 13.7. The van der Waals surface area contributed by atoms with Crippen LogP contribution in [-0.4, -0.2) is 61.9 Å². The molecule has 7 nitrogen and oxygen atoms in total. The summed E-state index contributed by atoms with van der Waals surface area (Å²) < 4.78 is 11.1. The van der Waals surface area contributed by atoms with Crippen LogP contribution in [0, 0.1) is 0 Å². The highest BCUT2D eigenvalue weighted by Gasteiger charge is 2.27. The number of nitrogens with zero attached hydrogens (tertiary/aromatic N) is 2. The summed E-state index contributed by atoms with van der Waals surface area (Å²) in [7, 11) is 1.79. The number of unbranched alkanes of at least 4 members (excludes halogenated alkanes) is 1. The number of carbonyl (C=O) groups excluding carboxylic acids is 1. The summed E-state index contributed by atoms with van der Waals surface area (Å²) in [5, 5.41) is 6.35. The Morgan fingerprint density at radius 1 is 1.23 bits per heavy atom. The number of nitrogens with one attached hydrogen (secondary N) is 2. The number of hydrogen-bond donors (Lipinski definition) is 2. The van der Waals surface area contributed by atoms with Crippen LogP contribution in [-0.2, 0) is 16.1 Å². The molecule has 1 unspecified atom stereocenters. The van der Waals surface area contributed by atoms with Crippen molar-refractivity contribution in [1.82, 2.24) is 15.5 Å². The number of ether oxygens (including phenoxy) is 2. The van der Waals surface area contributed by atoms with E-state index in [2.05, 4.69) is 32.7 Å². The van der Waals surface area contributed by atoms with Gasteiger partial charge in [-0.15, -0.1) is 24.0 Å². The first-order valence-electron chi connectivity index (χ1n) is 10.4. The van der Waals surface area contributed by atoms with Crippen molar-refractivity contribution < 1.29 is 14.3 Å². The quantitative estimate of drug-likeness (QED) is 0.231. The van der Waals surface area contributed by atoms with Crippen LogP contribution < -0.4 is 10.6 Å². The van der Waals surface area contributed by atoms with Crippen LogP contribution in [0.2, 0.25) is 0 Å². The van der Waals surface area contributed by atoms with Gasteiger partial charge in [-0.1, -0.05) is 30.3 Å². The molecule has 1 saturated heterocycles. The van der Waals surface area contributed by atoms with Crippen LogP contribution in [0.15, 0.2) is 35.3 Å². The highest BCUT2D eigenvalue weighted by molar-refractivity contribution is 14.0. The van der Waals surface area contributed by atoms with Gasteiger partial charge < -0.3 is 25.0 Å². The molecule has 1 heterocycles. The number of carbonyl (C=O) groups is 1. The minimum Gasteiger partial charge on any atom is -0.444 e. The molecule has 2 rings (SSSR count). The maximum absolute atomic E-state index is 11.9. The first-order chi connectivity index (χ1) is 13.9. The lowest BCUT2D eigenvalue weighted by Gasteiger charge is -2.23. The molecule has 170 valence electrons. The molecule has 1 aliphatic heterocycles. The van der Waals surface area contributed by atoms with Gasteiger partial charge in [-0.25, -0.2) is 4.79 Å². The zero-order chi connectivity index (χ0) is 21.1. The van der Waals surface area contributed by atoms with Gasteiger partial charge in [0.15, 0.2) is 5.96 Å². The monoisotopic (exact) mass is 532 g/mol. The second-order valence-electron chi connectivity index (χ2n) is 8.30. The molecule has 0 spiro atoms. The van der Waals surface area contributed by atoms with Crippen LogP contribution in [0.1, 0.15) is 45.6 Å². The smallest absolute Gasteiger partial charge is 0.407 e. The van der Waals surface area contributed by atoms with Crippen molar-refractivity contribution in [2.45, 2.75) is 58.3 Å². The van der Waals surface area contributed by atoms with Gasteiger partial charge in [0, 0.05) is 33.3 Å². The Balaban J connectivity index is 0.00000450. The summed E-state index contributed by atoms with van der Waals surface area (Å²) >= 11 is 0. The SMILES string of the molecule is CN=C(NCCCCOCc1ccccc1)N1CCC(NC(=O)OC(C)(C)C)C1.I. The maximum atomic E-state index is 11.9. The molecule has 0 aromatic heterocycles. The van der Waals surface area contributed by atoms with Crippen molar-refractivity contribution in [3.8, 4) is 0 Å². The summed E-state index contributed by atoms with van der Waals surface area (Å²) in [4.78, 5) is 18.5. The number of rotatable bonds is 8. The number of amides is 1. The van der Waals surface area contributed by atoms with Crippen molar-refractivity contribution >= 4 is 36.0 Å². The van der Waals surface area contributed by atoms with E-state index in [1.807, 2.05) is 39.0 Å². The van der Waals surface area contributed by atoms with E-state index in [0.717, 1.165) is 51.5 Å². The summed E-state index contributed by atoms with van der Waals surface area (Å²) in [5.41, 5.74) is 0.722. The third-order valence-corrected chi connectivity index (χ3v) is 4.53.